The molecule has 2 aromatic heterocycles. The summed E-state index contributed by atoms with van der Waals surface area (Å²) in [5.41, 5.74) is 6.65. The molecule has 0 saturated carbocycles. The molecule has 5 nitrogen and oxygen atoms in total. The van der Waals surface area contributed by atoms with Crippen LogP contribution in [0.2, 0.25) is 0 Å². The van der Waals surface area contributed by atoms with E-state index in [0.717, 1.165) is 10.9 Å². The van der Waals surface area contributed by atoms with E-state index in [4.69, 9.17) is 10.3 Å². The van der Waals surface area contributed by atoms with E-state index in [1.165, 1.54) is 0 Å². The maximum atomic E-state index is 6.00. The van der Waals surface area contributed by atoms with Gasteiger partial charge in [-0.2, -0.15) is 4.98 Å². The summed E-state index contributed by atoms with van der Waals surface area (Å²) in [5.74, 6) is 1.39. The van der Waals surface area contributed by atoms with Crippen molar-refractivity contribution in [3.63, 3.8) is 0 Å². The fourth-order valence-corrected chi connectivity index (χ4v) is 2.07. The van der Waals surface area contributed by atoms with Crippen LogP contribution in [0.5, 0.6) is 0 Å². The Morgan fingerprint density at radius 1 is 1.44 bits per heavy atom. The van der Waals surface area contributed by atoms with Gasteiger partial charge in [0.2, 0.25) is 11.7 Å². The summed E-state index contributed by atoms with van der Waals surface area (Å²) >= 11 is 3.40. The molecule has 2 heterocycles. The van der Waals surface area contributed by atoms with Gasteiger partial charge < -0.3 is 10.3 Å². The molecule has 2 rings (SSSR count). The van der Waals surface area contributed by atoms with Gasteiger partial charge in [0, 0.05) is 10.7 Å². The summed E-state index contributed by atoms with van der Waals surface area (Å²) in [5, 5.41) is 3.92. The lowest BCUT2D eigenvalue weighted by molar-refractivity contribution is 0.335. The van der Waals surface area contributed by atoms with E-state index >= 15 is 0 Å². The largest absolute Gasteiger partial charge is 0.337 e. The molecule has 2 aromatic rings. The Bertz CT molecular complexity index is 526. The van der Waals surface area contributed by atoms with E-state index in [1.807, 2.05) is 12.1 Å². The molecule has 18 heavy (non-hydrogen) atoms. The normalized spacial score (nSPS) is 12.9. The van der Waals surface area contributed by atoms with Gasteiger partial charge in [-0.15, -0.1) is 0 Å². The fraction of sp³-hybridized carbons (Fsp3) is 0.417. The number of pyridine rings is 1. The first-order chi connectivity index (χ1) is 8.58. The second-order valence-corrected chi connectivity index (χ2v) is 5.38. The number of hydrogen-bond donors (Lipinski definition) is 1. The Kier molecular flexibility index (Phi) is 4.08. The minimum atomic E-state index is -0.228. The van der Waals surface area contributed by atoms with Crippen molar-refractivity contribution in [3.05, 3.63) is 28.7 Å². The smallest absolute Gasteiger partial charge is 0.243 e. The Balaban J connectivity index is 2.23. The van der Waals surface area contributed by atoms with Crippen molar-refractivity contribution < 1.29 is 4.52 Å². The second-order valence-electron chi connectivity index (χ2n) is 4.53. The molecular weight excluding hydrogens is 296 g/mol. The predicted molar refractivity (Wildman–Crippen MR) is 71.6 cm³/mol. The summed E-state index contributed by atoms with van der Waals surface area (Å²) in [6.45, 7) is 4.21. The standard InChI is InChI=1S/C12H15BrN4O/c1-7(2)6-9(14)12-16-11(17-18-12)10-8(13)4-3-5-15-10/h3-5,7,9H,6,14H2,1-2H3. The first-order valence-electron chi connectivity index (χ1n) is 5.78. The summed E-state index contributed by atoms with van der Waals surface area (Å²) < 4.78 is 6.02. The number of halogens is 1. The highest BCUT2D eigenvalue weighted by Crippen LogP contribution is 2.25. The summed E-state index contributed by atoms with van der Waals surface area (Å²) in [4.78, 5) is 8.51. The van der Waals surface area contributed by atoms with Gasteiger partial charge in [0.15, 0.2) is 0 Å². The predicted octanol–water partition coefficient (Wildman–Crippen LogP) is 2.94. The monoisotopic (exact) mass is 310 g/mol. The maximum Gasteiger partial charge on any atom is 0.243 e. The molecule has 0 spiro atoms. The van der Waals surface area contributed by atoms with E-state index in [1.54, 1.807) is 6.20 Å². The summed E-state index contributed by atoms with van der Waals surface area (Å²) in [6, 6.07) is 3.49. The van der Waals surface area contributed by atoms with Crippen molar-refractivity contribution in [1.82, 2.24) is 15.1 Å². The van der Waals surface area contributed by atoms with E-state index in [2.05, 4.69) is 44.9 Å². The van der Waals surface area contributed by atoms with Crippen LogP contribution >= 0.6 is 15.9 Å². The maximum absolute atomic E-state index is 6.00. The average Bonchev–Trinajstić information content (AvgIpc) is 2.78. The molecule has 96 valence electrons. The zero-order valence-corrected chi connectivity index (χ0v) is 11.9. The molecule has 1 unspecified atom stereocenters. The van der Waals surface area contributed by atoms with Crippen LogP contribution < -0.4 is 5.73 Å². The van der Waals surface area contributed by atoms with E-state index < -0.39 is 0 Å². The molecule has 0 radical (unpaired) electrons. The quantitative estimate of drug-likeness (QED) is 0.939. The van der Waals surface area contributed by atoms with Crippen molar-refractivity contribution >= 4 is 15.9 Å². The molecule has 0 bridgehead atoms. The number of hydrogen-bond acceptors (Lipinski definition) is 5. The minimum absolute atomic E-state index is 0.228. The van der Waals surface area contributed by atoms with Crippen molar-refractivity contribution in [2.24, 2.45) is 11.7 Å². The lowest BCUT2D eigenvalue weighted by Crippen LogP contribution is -2.13. The lowest BCUT2D eigenvalue weighted by atomic mass is 10.0. The first kappa shape index (κ1) is 13.2. The van der Waals surface area contributed by atoms with Crippen LogP contribution in [-0.2, 0) is 0 Å². The van der Waals surface area contributed by atoms with Crippen LogP contribution in [0.15, 0.2) is 27.3 Å². The van der Waals surface area contributed by atoms with E-state index in [9.17, 15) is 0 Å². The zero-order valence-electron chi connectivity index (χ0n) is 10.3. The lowest BCUT2D eigenvalue weighted by Gasteiger charge is -2.08. The molecule has 0 fully saturated rings. The number of rotatable bonds is 4. The van der Waals surface area contributed by atoms with Gasteiger partial charge in [-0.25, -0.2) is 0 Å². The van der Waals surface area contributed by atoms with Crippen molar-refractivity contribution in [2.45, 2.75) is 26.3 Å². The molecule has 0 aliphatic heterocycles. The second kappa shape index (κ2) is 5.58. The third kappa shape index (κ3) is 2.94. The highest BCUT2D eigenvalue weighted by atomic mass is 79.9. The Morgan fingerprint density at radius 2 is 2.22 bits per heavy atom. The van der Waals surface area contributed by atoms with Gasteiger partial charge in [0.05, 0.1) is 6.04 Å². The third-order valence-electron chi connectivity index (χ3n) is 2.45. The zero-order chi connectivity index (χ0) is 13.1. The van der Waals surface area contributed by atoms with Gasteiger partial charge in [0.25, 0.3) is 0 Å². The van der Waals surface area contributed by atoms with Crippen LogP contribution in [-0.4, -0.2) is 15.1 Å². The molecule has 6 heteroatoms. The number of aromatic nitrogens is 3. The summed E-state index contributed by atoms with van der Waals surface area (Å²) in [6.07, 6.45) is 2.50. The molecular formula is C12H15BrN4O. The van der Waals surface area contributed by atoms with Gasteiger partial charge in [-0.05, 0) is 40.4 Å². The molecule has 1 atom stereocenters. The van der Waals surface area contributed by atoms with Gasteiger partial charge in [0.1, 0.15) is 5.69 Å². The van der Waals surface area contributed by atoms with Crippen LogP contribution in [0.4, 0.5) is 0 Å². The van der Waals surface area contributed by atoms with E-state index in [0.29, 0.717) is 23.3 Å². The number of nitrogens with zero attached hydrogens (tertiary/aromatic N) is 3. The topological polar surface area (TPSA) is 77.8 Å². The summed E-state index contributed by atoms with van der Waals surface area (Å²) in [7, 11) is 0. The molecule has 0 saturated heterocycles. The molecule has 0 amide bonds. The minimum Gasteiger partial charge on any atom is -0.337 e. The SMILES string of the molecule is CC(C)CC(N)c1nc(-c2ncccc2Br)no1. The molecule has 0 aliphatic carbocycles. The Hall–Kier alpha value is -1.27. The van der Waals surface area contributed by atoms with Gasteiger partial charge in [-0.1, -0.05) is 19.0 Å². The third-order valence-corrected chi connectivity index (χ3v) is 3.09. The fourth-order valence-electron chi connectivity index (χ4n) is 1.64. The molecule has 2 N–H and O–H groups in total. The van der Waals surface area contributed by atoms with Crippen LogP contribution in [0.3, 0.4) is 0 Å². The van der Waals surface area contributed by atoms with Crippen LogP contribution in [0.1, 0.15) is 32.2 Å². The molecule has 0 aliphatic rings. The Labute approximate surface area is 114 Å². The van der Waals surface area contributed by atoms with Crippen molar-refractivity contribution in [2.75, 3.05) is 0 Å². The van der Waals surface area contributed by atoms with E-state index in [-0.39, 0.29) is 6.04 Å². The van der Waals surface area contributed by atoms with Gasteiger partial charge >= 0.3 is 0 Å². The van der Waals surface area contributed by atoms with Crippen molar-refractivity contribution in [1.29, 1.82) is 0 Å². The highest BCUT2D eigenvalue weighted by molar-refractivity contribution is 9.10. The Morgan fingerprint density at radius 3 is 2.89 bits per heavy atom. The van der Waals surface area contributed by atoms with Crippen molar-refractivity contribution in [3.8, 4) is 11.5 Å². The average molecular weight is 311 g/mol. The first-order valence-corrected chi connectivity index (χ1v) is 6.57. The highest BCUT2D eigenvalue weighted by Gasteiger charge is 2.18. The van der Waals surface area contributed by atoms with Gasteiger partial charge in [-0.3, -0.25) is 4.98 Å². The number of nitrogens with two attached hydrogens (primary N) is 1. The van der Waals surface area contributed by atoms with Crippen LogP contribution in [0.25, 0.3) is 11.5 Å². The molecule has 0 aromatic carbocycles. The van der Waals surface area contributed by atoms with Crippen LogP contribution in [0, 0.1) is 5.92 Å².